The second-order valence-corrected chi connectivity index (χ2v) is 4.99. The van der Waals surface area contributed by atoms with E-state index >= 15 is 0 Å². The summed E-state index contributed by atoms with van der Waals surface area (Å²) in [5.74, 6) is 1.64. The van der Waals surface area contributed by atoms with Crippen LogP contribution in [0.5, 0.6) is 0 Å². The smallest absolute Gasteiger partial charge is 0.165 e. The molecule has 0 radical (unpaired) electrons. The second-order valence-electron chi connectivity index (χ2n) is 4.99. The van der Waals surface area contributed by atoms with Crippen LogP contribution in [0.2, 0.25) is 0 Å². The number of hydrogen-bond donors (Lipinski definition) is 2. The van der Waals surface area contributed by atoms with E-state index in [1.54, 1.807) is 6.33 Å². The maximum absolute atomic E-state index is 9.67. The number of aryl methyl sites for hydroxylation is 1. The zero-order valence-electron chi connectivity index (χ0n) is 9.88. The third-order valence-electron chi connectivity index (χ3n) is 3.20. The normalized spacial score (nSPS) is 28.1. The summed E-state index contributed by atoms with van der Waals surface area (Å²) in [5, 5.41) is 20.8. The van der Waals surface area contributed by atoms with Crippen molar-refractivity contribution >= 4 is 11.5 Å². The van der Waals surface area contributed by atoms with E-state index in [1.807, 2.05) is 24.3 Å². The fourth-order valence-electron chi connectivity index (χ4n) is 2.36. The lowest BCUT2D eigenvalue weighted by Crippen LogP contribution is -2.48. The van der Waals surface area contributed by atoms with Crippen LogP contribution in [0.4, 0.5) is 5.82 Å². The predicted octanol–water partition coefficient (Wildman–Crippen LogP) is 0.758. The molecule has 1 aliphatic rings. The van der Waals surface area contributed by atoms with Crippen molar-refractivity contribution in [3.63, 3.8) is 0 Å². The molecule has 0 bridgehead atoms. The topological polar surface area (TPSA) is 75.3 Å². The first-order chi connectivity index (χ1) is 8.03. The molecule has 0 aliphatic heterocycles. The lowest BCUT2D eigenvalue weighted by Gasteiger charge is -2.41. The fourth-order valence-corrected chi connectivity index (χ4v) is 2.36. The molecule has 2 N–H and O–H groups in total. The maximum Gasteiger partial charge on any atom is 0.165 e. The van der Waals surface area contributed by atoms with E-state index in [0.717, 1.165) is 30.1 Å². The summed E-state index contributed by atoms with van der Waals surface area (Å²) < 4.78 is 1.84. The number of rotatable bonds is 2. The first-order valence-corrected chi connectivity index (χ1v) is 5.70. The molecule has 6 nitrogen and oxygen atoms in total. The van der Waals surface area contributed by atoms with Crippen molar-refractivity contribution in [3.8, 4) is 0 Å². The molecule has 0 unspecified atom stereocenters. The Morgan fingerprint density at radius 3 is 3.00 bits per heavy atom. The largest absolute Gasteiger partial charge is 0.390 e. The highest BCUT2D eigenvalue weighted by Gasteiger charge is 2.38. The summed E-state index contributed by atoms with van der Waals surface area (Å²) in [6.45, 7) is 3.77. The van der Waals surface area contributed by atoms with Gasteiger partial charge in [0, 0.05) is 12.1 Å². The van der Waals surface area contributed by atoms with Gasteiger partial charge in [0.25, 0.3) is 0 Å². The van der Waals surface area contributed by atoms with Gasteiger partial charge < -0.3 is 10.4 Å². The van der Waals surface area contributed by atoms with E-state index in [4.69, 9.17) is 0 Å². The van der Waals surface area contributed by atoms with E-state index in [2.05, 4.69) is 20.5 Å². The number of fused-ring (bicyclic) bond motifs is 1. The molecule has 6 heteroatoms. The molecule has 2 aromatic heterocycles. The number of aliphatic hydroxyl groups is 1. The van der Waals surface area contributed by atoms with Crippen LogP contribution in [0.25, 0.3) is 5.65 Å². The van der Waals surface area contributed by atoms with Gasteiger partial charge in [-0.3, -0.25) is 4.40 Å². The van der Waals surface area contributed by atoms with Crippen molar-refractivity contribution in [2.24, 2.45) is 0 Å². The molecule has 90 valence electrons. The van der Waals surface area contributed by atoms with Crippen LogP contribution in [0.1, 0.15) is 25.6 Å². The molecule has 2 heterocycles. The molecule has 0 aromatic carbocycles. The van der Waals surface area contributed by atoms with Crippen LogP contribution in [-0.2, 0) is 0 Å². The lowest BCUT2D eigenvalue weighted by atomic mass is 9.77. The average molecular weight is 233 g/mol. The minimum Gasteiger partial charge on any atom is -0.390 e. The molecule has 1 fully saturated rings. The molecule has 1 saturated carbocycles. The number of hydrogen-bond acceptors (Lipinski definition) is 5. The van der Waals surface area contributed by atoms with Crippen molar-refractivity contribution in [2.45, 2.75) is 38.3 Å². The van der Waals surface area contributed by atoms with Gasteiger partial charge in [-0.05, 0) is 26.7 Å². The van der Waals surface area contributed by atoms with Gasteiger partial charge >= 0.3 is 0 Å². The molecular formula is C11H15N5O. The van der Waals surface area contributed by atoms with Crippen molar-refractivity contribution in [1.29, 1.82) is 0 Å². The molecule has 17 heavy (non-hydrogen) atoms. The fraction of sp³-hybridized carbons (Fsp3) is 0.545. The lowest BCUT2D eigenvalue weighted by molar-refractivity contribution is -0.0235. The van der Waals surface area contributed by atoms with Crippen LogP contribution >= 0.6 is 0 Å². The maximum atomic E-state index is 9.67. The van der Waals surface area contributed by atoms with Gasteiger partial charge in [-0.25, -0.2) is 4.98 Å². The van der Waals surface area contributed by atoms with Gasteiger partial charge in [0.15, 0.2) is 5.65 Å². The summed E-state index contributed by atoms with van der Waals surface area (Å²) >= 11 is 0. The highest BCUT2D eigenvalue weighted by molar-refractivity contribution is 5.50. The highest BCUT2D eigenvalue weighted by Crippen LogP contribution is 2.33. The summed E-state index contributed by atoms with van der Waals surface area (Å²) in [7, 11) is 0. The number of nitrogens with zero attached hydrogens (tertiary/aromatic N) is 4. The zero-order valence-corrected chi connectivity index (χ0v) is 9.88. The van der Waals surface area contributed by atoms with E-state index in [1.165, 1.54) is 0 Å². The second kappa shape index (κ2) is 3.40. The van der Waals surface area contributed by atoms with Crippen LogP contribution in [-0.4, -0.2) is 36.3 Å². The first-order valence-electron chi connectivity index (χ1n) is 5.70. The monoisotopic (exact) mass is 233 g/mol. The van der Waals surface area contributed by atoms with Crippen LogP contribution in [0.3, 0.4) is 0 Å². The van der Waals surface area contributed by atoms with E-state index in [-0.39, 0.29) is 0 Å². The Balaban J connectivity index is 1.82. The van der Waals surface area contributed by atoms with Gasteiger partial charge in [-0.1, -0.05) is 0 Å². The van der Waals surface area contributed by atoms with Crippen molar-refractivity contribution in [3.05, 3.63) is 18.2 Å². The number of aromatic nitrogens is 4. The highest BCUT2D eigenvalue weighted by atomic mass is 16.3. The Bertz CT molecular complexity index is 554. The van der Waals surface area contributed by atoms with Crippen molar-refractivity contribution in [2.75, 3.05) is 5.32 Å². The molecular weight excluding hydrogens is 218 g/mol. The number of nitrogens with one attached hydrogen (secondary N) is 1. The van der Waals surface area contributed by atoms with Crippen LogP contribution < -0.4 is 5.32 Å². The molecule has 0 amide bonds. The Morgan fingerprint density at radius 1 is 1.53 bits per heavy atom. The van der Waals surface area contributed by atoms with Gasteiger partial charge in [0.1, 0.15) is 18.0 Å². The summed E-state index contributed by atoms with van der Waals surface area (Å²) in [6, 6.07) is 2.16. The van der Waals surface area contributed by atoms with E-state index in [0.29, 0.717) is 6.04 Å². The molecule has 1 aliphatic carbocycles. The van der Waals surface area contributed by atoms with Crippen molar-refractivity contribution in [1.82, 2.24) is 19.6 Å². The average Bonchev–Trinajstić information content (AvgIpc) is 2.63. The first kappa shape index (κ1) is 10.5. The minimum atomic E-state index is -0.522. The third kappa shape index (κ3) is 1.84. The third-order valence-corrected chi connectivity index (χ3v) is 3.20. The summed E-state index contributed by atoms with van der Waals surface area (Å²) in [4.78, 5) is 4.43. The van der Waals surface area contributed by atoms with Crippen molar-refractivity contribution < 1.29 is 5.11 Å². The molecule has 2 aromatic rings. The van der Waals surface area contributed by atoms with Crippen LogP contribution in [0.15, 0.2) is 12.4 Å². The van der Waals surface area contributed by atoms with Gasteiger partial charge in [-0.15, -0.1) is 10.2 Å². The van der Waals surface area contributed by atoms with Gasteiger partial charge in [0.05, 0.1) is 5.60 Å². The molecule has 0 spiro atoms. The standard InChI is InChI=1S/C11H15N5O/c1-7-13-9(3-10-15-12-6-16(7)10)14-8-4-11(2,17)5-8/h3,6,8,14,17H,4-5H2,1-2H3. The molecule has 0 saturated heterocycles. The summed E-state index contributed by atoms with van der Waals surface area (Å²) in [5.41, 5.74) is 0.261. The van der Waals surface area contributed by atoms with E-state index < -0.39 is 5.60 Å². The Morgan fingerprint density at radius 2 is 2.29 bits per heavy atom. The predicted molar refractivity (Wildman–Crippen MR) is 62.8 cm³/mol. The summed E-state index contributed by atoms with van der Waals surface area (Å²) in [6.07, 6.45) is 3.16. The molecule has 3 rings (SSSR count). The van der Waals surface area contributed by atoms with Gasteiger partial charge in [-0.2, -0.15) is 0 Å². The Hall–Kier alpha value is -1.69. The SMILES string of the molecule is Cc1nc(NC2CC(C)(O)C2)cc2nncn12. The minimum absolute atomic E-state index is 0.294. The van der Waals surface area contributed by atoms with Crippen LogP contribution in [0, 0.1) is 6.92 Å². The quantitative estimate of drug-likeness (QED) is 0.801. The van der Waals surface area contributed by atoms with Gasteiger partial charge in [0.2, 0.25) is 0 Å². The molecule has 0 atom stereocenters. The Kier molecular flexibility index (Phi) is 2.09. The number of anilines is 1. The zero-order chi connectivity index (χ0) is 12.0. The Labute approximate surface area is 98.7 Å². The van der Waals surface area contributed by atoms with E-state index in [9.17, 15) is 5.11 Å².